The highest BCUT2D eigenvalue weighted by atomic mass is 35.5. The predicted octanol–water partition coefficient (Wildman–Crippen LogP) is 3.04. The Balaban J connectivity index is 2.06. The first-order chi connectivity index (χ1) is 11.1. The maximum absolute atomic E-state index is 13.1. The summed E-state index contributed by atoms with van der Waals surface area (Å²) in [5.41, 5.74) is 0.902. The quantitative estimate of drug-likeness (QED) is 0.730. The fraction of sp³-hybridized carbons (Fsp3) is 0.188. The maximum Gasteiger partial charge on any atom is 0.269 e. The van der Waals surface area contributed by atoms with Crippen molar-refractivity contribution in [2.24, 2.45) is 0 Å². The second kappa shape index (κ2) is 5.33. The largest absolute Gasteiger partial charge is 0.380 e. The van der Waals surface area contributed by atoms with Crippen LogP contribution in [0.1, 0.15) is 11.6 Å². The Bertz CT molecular complexity index is 979. The summed E-state index contributed by atoms with van der Waals surface area (Å²) >= 11 is 6.48. The first kappa shape index (κ1) is 14.7. The van der Waals surface area contributed by atoms with Crippen molar-refractivity contribution in [3.8, 4) is 0 Å². The third kappa shape index (κ3) is 2.17. The summed E-state index contributed by atoms with van der Waals surface area (Å²) in [7, 11) is -3.78. The van der Waals surface area contributed by atoms with E-state index < -0.39 is 10.0 Å². The molecule has 1 fully saturated rings. The summed E-state index contributed by atoms with van der Waals surface area (Å²) in [4.78, 5) is 4.46. The number of halogens is 1. The van der Waals surface area contributed by atoms with E-state index in [1.54, 1.807) is 48.7 Å². The van der Waals surface area contributed by atoms with E-state index in [0.29, 0.717) is 35.0 Å². The minimum atomic E-state index is -3.78. The third-order valence-electron chi connectivity index (χ3n) is 3.97. The fourth-order valence-corrected chi connectivity index (χ4v) is 4.77. The van der Waals surface area contributed by atoms with Gasteiger partial charge in [0.25, 0.3) is 10.0 Å². The van der Waals surface area contributed by atoms with Crippen LogP contribution >= 0.6 is 11.6 Å². The minimum Gasteiger partial charge on any atom is -0.380 e. The number of ether oxygens (including phenoxy) is 1. The van der Waals surface area contributed by atoms with Gasteiger partial charge in [0.1, 0.15) is 0 Å². The smallest absolute Gasteiger partial charge is 0.269 e. The van der Waals surface area contributed by atoms with E-state index in [2.05, 4.69) is 4.98 Å². The highest BCUT2D eigenvalue weighted by Gasteiger charge is 2.34. The molecule has 0 radical (unpaired) electrons. The van der Waals surface area contributed by atoms with E-state index in [4.69, 9.17) is 16.3 Å². The van der Waals surface area contributed by atoms with Gasteiger partial charge in [-0.2, -0.15) is 0 Å². The monoisotopic (exact) mass is 348 g/mol. The molecule has 0 N–H and O–H groups in total. The number of pyridine rings is 1. The molecule has 0 aliphatic carbocycles. The van der Waals surface area contributed by atoms with Gasteiger partial charge in [-0.3, -0.25) is 0 Å². The van der Waals surface area contributed by atoms with Crippen LogP contribution in [-0.4, -0.2) is 30.6 Å². The molecule has 0 amide bonds. The highest BCUT2D eigenvalue weighted by molar-refractivity contribution is 7.90. The molecule has 0 unspecified atom stereocenters. The number of hydrogen-bond acceptors (Lipinski definition) is 4. The lowest BCUT2D eigenvalue weighted by Gasteiger charge is -2.27. The summed E-state index contributed by atoms with van der Waals surface area (Å²) in [6.07, 6.45) is 1.57. The average molecular weight is 349 g/mol. The van der Waals surface area contributed by atoms with Crippen LogP contribution in [0.3, 0.4) is 0 Å². The molecule has 0 saturated carbocycles. The molecule has 2 aromatic heterocycles. The summed E-state index contributed by atoms with van der Waals surface area (Å²) < 4.78 is 32.8. The number of hydrogen-bond donors (Lipinski definition) is 0. The lowest BCUT2D eigenvalue weighted by Crippen LogP contribution is -2.29. The second-order valence-electron chi connectivity index (χ2n) is 5.39. The van der Waals surface area contributed by atoms with Crippen LogP contribution in [-0.2, 0) is 14.8 Å². The Morgan fingerprint density at radius 3 is 2.52 bits per heavy atom. The fourth-order valence-electron chi connectivity index (χ4n) is 2.75. The molecule has 3 heterocycles. The Morgan fingerprint density at radius 2 is 1.87 bits per heavy atom. The molecule has 5 nitrogen and oxygen atoms in total. The molecule has 0 atom stereocenters. The number of benzene rings is 1. The van der Waals surface area contributed by atoms with E-state index in [9.17, 15) is 8.42 Å². The molecule has 7 heteroatoms. The molecule has 3 aromatic rings. The SMILES string of the molecule is O=S(=O)(c1ccccc1)n1c(C2COC2)c(Cl)c2cccnc21. The molecule has 4 rings (SSSR count). The summed E-state index contributed by atoms with van der Waals surface area (Å²) in [6, 6.07) is 11.8. The van der Waals surface area contributed by atoms with Crippen molar-refractivity contribution in [3.63, 3.8) is 0 Å². The summed E-state index contributed by atoms with van der Waals surface area (Å²) in [6.45, 7) is 0.917. The molecule has 1 aromatic carbocycles. The van der Waals surface area contributed by atoms with Gasteiger partial charge in [-0.15, -0.1) is 0 Å². The van der Waals surface area contributed by atoms with Gasteiger partial charge < -0.3 is 4.74 Å². The topological polar surface area (TPSA) is 61.2 Å². The predicted molar refractivity (Wildman–Crippen MR) is 87.3 cm³/mol. The minimum absolute atomic E-state index is 0.0461. The normalized spacial score (nSPS) is 15.7. The Hall–Kier alpha value is -1.89. The van der Waals surface area contributed by atoms with Gasteiger partial charge in [0, 0.05) is 17.5 Å². The lowest BCUT2D eigenvalue weighted by atomic mass is 10.0. The summed E-state index contributed by atoms with van der Waals surface area (Å²) in [5, 5.41) is 1.07. The van der Waals surface area contributed by atoms with E-state index in [0.717, 1.165) is 0 Å². The Morgan fingerprint density at radius 1 is 1.13 bits per heavy atom. The van der Waals surface area contributed by atoms with Gasteiger partial charge in [-0.05, 0) is 24.3 Å². The standard InChI is InChI=1S/C16H13ClN2O3S/c17-14-13-7-4-8-18-16(13)19(15(14)11-9-22-10-11)23(20,21)12-5-2-1-3-6-12/h1-8,11H,9-10H2. The zero-order chi connectivity index (χ0) is 16.0. The molecule has 1 saturated heterocycles. The van der Waals surface area contributed by atoms with Crippen LogP contribution in [0.25, 0.3) is 11.0 Å². The zero-order valence-corrected chi connectivity index (χ0v) is 13.6. The van der Waals surface area contributed by atoms with Gasteiger partial charge in [0.15, 0.2) is 5.65 Å². The lowest BCUT2D eigenvalue weighted by molar-refractivity contribution is 0.00659. The van der Waals surface area contributed by atoms with E-state index >= 15 is 0 Å². The number of fused-ring (bicyclic) bond motifs is 1. The van der Waals surface area contributed by atoms with E-state index in [-0.39, 0.29) is 10.8 Å². The van der Waals surface area contributed by atoms with Crippen molar-refractivity contribution in [3.05, 3.63) is 59.4 Å². The molecule has 118 valence electrons. The van der Waals surface area contributed by atoms with Crippen LogP contribution < -0.4 is 0 Å². The summed E-state index contributed by atoms with van der Waals surface area (Å²) in [5.74, 6) is -0.0461. The van der Waals surface area contributed by atoms with E-state index in [1.807, 2.05) is 0 Å². The number of rotatable bonds is 3. The first-order valence-corrected chi connectivity index (χ1v) is 8.95. The molecule has 1 aliphatic heterocycles. The first-order valence-electron chi connectivity index (χ1n) is 7.14. The molecule has 1 aliphatic rings. The maximum atomic E-state index is 13.1. The van der Waals surface area contributed by atoms with Crippen LogP contribution in [0.5, 0.6) is 0 Å². The van der Waals surface area contributed by atoms with Crippen molar-refractivity contribution in [2.75, 3.05) is 13.2 Å². The number of aromatic nitrogens is 2. The Labute approximate surface area is 138 Å². The van der Waals surface area contributed by atoms with Crippen molar-refractivity contribution < 1.29 is 13.2 Å². The average Bonchev–Trinajstić information content (AvgIpc) is 2.81. The van der Waals surface area contributed by atoms with Gasteiger partial charge in [0.05, 0.1) is 28.8 Å². The van der Waals surface area contributed by atoms with E-state index in [1.165, 1.54) is 3.97 Å². The van der Waals surface area contributed by atoms with Gasteiger partial charge in [0.2, 0.25) is 0 Å². The van der Waals surface area contributed by atoms with Crippen molar-refractivity contribution in [2.45, 2.75) is 10.8 Å². The molecular formula is C16H13ClN2O3S. The van der Waals surface area contributed by atoms with Crippen molar-refractivity contribution in [1.82, 2.24) is 8.96 Å². The van der Waals surface area contributed by atoms with Crippen molar-refractivity contribution >= 4 is 32.7 Å². The van der Waals surface area contributed by atoms with Gasteiger partial charge in [-0.25, -0.2) is 17.4 Å². The van der Waals surface area contributed by atoms with Crippen LogP contribution in [0, 0.1) is 0 Å². The zero-order valence-electron chi connectivity index (χ0n) is 12.0. The Kier molecular flexibility index (Phi) is 3.41. The second-order valence-corrected chi connectivity index (χ2v) is 7.56. The third-order valence-corrected chi connectivity index (χ3v) is 6.08. The van der Waals surface area contributed by atoms with Gasteiger partial charge in [-0.1, -0.05) is 29.8 Å². The van der Waals surface area contributed by atoms with Crippen LogP contribution in [0.15, 0.2) is 53.6 Å². The van der Waals surface area contributed by atoms with Gasteiger partial charge >= 0.3 is 0 Å². The molecule has 23 heavy (non-hydrogen) atoms. The molecule has 0 spiro atoms. The highest BCUT2D eigenvalue weighted by Crippen LogP contribution is 2.39. The molecular weight excluding hydrogens is 336 g/mol. The number of nitrogens with zero attached hydrogens (tertiary/aromatic N) is 2. The van der Waals surface area contributed by atoms with Crippen LogP contribution in [0.4, 0.5) is 0 Å². The molecule has 0 bridgehead atoms. The van der Waals surface area contributed by atoms with Crippen LogP contribution in [0.2, 0.25) is 5.02 Å². The van der Waals surface area contributed by atoms with Crippen molar-refractivity contribution in [1.29, 1.82) is 0 Å².